The number of hydrogen-bond acceptors (Lipinski definition) is 1. The van der Waals surface area contributed by atoms with Crippen LogP contribution in [-0.4, -0.2) is 35.4 Å². The second-order valence-electron chi connectivity index (χ2n) is 3.12. The summed E-state index contributed by atoms with van der Waals surface area (Å²) < 4.78 is 12.7. The van der Waals surface area contributed by atoms with Gasteiger partial charge in [0.2, 0.25) is 5.91 Å². The summed E-state index contributed by atoms with van der Waals surface area (Å²) >= 11 is 5.61. The molecule has 1 atom stereocenters. The minimum atomic E-state index is -0.736. The molecule has 12 heavy (non-hydrogen) atoms. The van der Waals surface area contributed by atoms with Gasteiger partial charge in [0.1, 0.15) is 11.5 Å². The highest BCUT2D eigenvalue weighted by molar-refractivity contribution is 6.30. The van der Waals surface area contributed by atoms with E-state index in [4.69, 9.17) is 11.6 Å². The third kappa shape index (κ3) is 2.34. The van der Waals surface area contributed by atoms with Gasteiger partial charge in [-0.1, -0.05) is 0 Å². The van der Waals surface area contributed by atoms with Crippen LogP contribution in [0.1, 0.15) is 19.8 Å². The molecule has 1 aliphatic heterocycles. The number of nitrogens with zero attached hydrogens (tertiary/aromatic N) is 1. The number of carbonyl (C=O) groups is 1. The fourth-order valence-electron chi connectivity index (χ4n) is 1.32. The summed E-state index contributed by atoms with van der Waals surface area (Å²) in [5, 5.41) is -0.485. The van der Waals surface area contributed by atoms with Crippen LogP contribution in [0.5, 0.6) is 0 Å². The molecule has 0 unspecified atom stereocenters. The van der Waals surface area contributed by atoms with Crippen molar-refractivity contribution in [3.63, 3.8) is 0 Å². The predicted octanol–water partition coefficient (Wildman–Crippen LogP) is 1.57. The summed E-state index contributed by atoms with van der Waals surface area (Å²) in [5.41, 5.74) is 0. The van der Waals surface area contributed by atoms with Crippen LogP contribution < -0.4 is 0 Å². The lowest BCUT2D eigenvalue weighted by Gasteiger charge is -2.29. The van der Waals surface area contributed by atoms with E-state index in [1.165, 1.54) is 0 Å². The maximum absolute atomic E-state index is 12.7. The molecule has 0 saturated carbocycles. The first-order valence-corrected chi connectivity index (χ1v) is 4.62. The fraction of sp³-hybridized carbons (Fsp3) is 0.875. The molecule has 2 nitrogen and oxygen atoms in total. The normalized spacial score (nSPS) is 22.4. The summed E-state index contributed by atoms with van der Waals surface area (Å²) in [6.45, 7) is 2.67. The Morgan fingerprint density at radius 3 is 2.50 bits per heavy atom. The highest BCUT2D eigenvalue weighted by Crippen LogP contribution is 2.14. The Labute approximate surface area is 76.7 Å². The molecule has 4 heteroatoms. The van der Waals surface area contributed by atoms with Crippen molar-refractivity contribution in [2.75, 3.05) is 13.1 Å². The van der Waals surface area contributed by atoms with Crippen LogP contribution >= 0.6 is 11.6 Å². The molecule has 0 aromatic rings. The van der Waals surface area contributed by atoms with Gasteiger partial charge in [-0.3, -0.25) is 4.79 Å². The van der Waals surface area contributed by atoms with Crippen molar-refractivity contribution < 1.29 is 9.18 Å². The monoisotopic (exact) mass is 193 g/mol. The van der Waals surface area contributed by atoms with Crippen LogP contribution in [-0.2, 0) is 4.79 Å². The molecule has 0 aromatic heterocycles. The van der Waals surface area contributed by atoms with E-state index in [-0.39, 0.29) is 5.91 Å². The molecule has 0 aliphatic carbocycles. The van der Waals surface area contributed by atoms with E-state index < -0.39 is 11.5 Å². The molecule has 0 radical (unpaired) electrons. The standard InChI is InChI=1S/C8H13ClFNO/c1-6(9)8(12)11-4-2-7(10)3-5-11/h6-7H,2-5H2,1H3/t6-/m0/s1. The summed E-state index contributed by atoms with van der Waals surface area (Å²) in [5.74, 6) is -0.0800. The summed E-state index contributed by atoms with van der Waals surface area (Å²) in [4.78, 5) is 12.9. The molecule has 1 amide bonds. The number of piperidine rings is 1. The van der Waals surface area contributed by atoms with Crippen molar-refractivity contribution in [3.05, 3.63) is 0 Å². The molecule has 0 bridgehead atoms. The van der Waals surface area contributed by atoms with Gasteiger partial charge >= 0.3 is 0 Å². The van der Waals surface area contributed by atoms with Gasteiger partial charge < -0.3 is 4.90 Å². The maximum atomic E-state index is 12.7. The number of rotatable bonds is 1. The second kappa shape index (κ2) is 4.08. The zero-order valence-electron chi connectivity index (χ0n) is 7.09. The molecule has 0 aromatic carbocycles. The molecule has 0 N–H and O–H groups in total. The lowest BCUT2D eigenvalue weighted by atomic mass is 10.1. The van der Waals surface area contributed by atoms with Crippen LogP contribution in [0.4, 0.5) is 4.39 Å². The van der Waals surface area contributed by atoms with Crippen molar-refractivity contribution in [1.29, 1.82) is 0 Å². The van der Waals surface area contributed by atoms with Gasteiger partial charge in [-0.15, -0.1) is 11.6 Å². The number of halogens is 2. The predicted molar refractivity (Wildman–Crippen MR) is 46.0 cm³/mol. The Hall–Kier alpha value is -0.310. The topological polar surface area (TPSA) is 20.3 Å². The van der Waals surface area contributed by atoms with Gasteiger partial charge in [0.05, 0.1) is 0 Å². The van der Waals surface area contributed by atoms with Gasteiger partial charge in [-0.2, -0.15) is 0 Å². The lowest BCUT2D eigenvalue weighted by molar-refractivity contribution is -0.131. The largest absolute Gasteiger partial charge is 0.341 e. The molecule has 1 saturated heterocycles. The second-order valence-corrected chi connectivity index (χ2v) is 3.77. The molecule has 0 spiro atoms. The fourth-order valence-corrected chi connectivity index (χ4v) is 1.46. The van der Waals surface area contributed by atoms with E-state index in [1.54, 1.807) is 11.8 Å². The zero-order chi connectivity index (χ0) is 9.14. The Bertz CT molecular complexity index is 166. The van der Waals surface area contributed by atoms with Crippen molar-refractivity contribution in [3.8, 4) is 0 Å². The average molecular weight is 194 g/mol. The van der Waals surface area contributed by atoms with Crippen LogP contribution in [0.3, 0.4) is 0 Å². The summed E-state index contributed by atoms with van der Waals surface area (Å²) in [7, 11) is 0. The summed E-state index contributed by atoms with van der Waals surface area (Å²) in [6.07, 6.45) is 0.171. The van der Waals surface area contributed by atoms with E-state index in [0.717, 1.165) is 0 Å². The van der Waals surface area contributed by atoms with Crippen molar-refractivity contribution >= 4 is 17.5 Å². The van der Waals surface area contributed by atoms with E-state index in [9.17, 15) is 9.18 Å². The van der Waals surface area contributed by atoms with Gasteiger partial charge in [-0.25, -0.2) is 4.39 Å². The molecule has 1 heterocycles. The minimum Gasteiger partial charge on any atom is -0.341 e. The molecular weight excluding hydrogens is 181 g/mol. The van der Waals surface area contributed by atoms with Crippen LogP contribution in [0.25, 0.3) is 0 Å². The van der Waals surface area contributed by atoms with Gasteiger partial charge in [0, 0.05) is 13.1 Å². The van der Waals surface area contributed by atoms with Crippen molar-refractivity contribution in [1.82, 2.24) is 4.90 Å². The number of hydrogen-bond donors (Lipinski definition) is 0. The third-order valence-corrected chi connectivity index (χ3v) is 2.26. The highest BCUT2D eigenvalue weighted by atomic mass is 35.5. The maximum Gasteiger partial charge on any atom is 0.240 e. The van der Waals surface area contributed by atoms with Gasteiger partial charge in [0.15, 0.2) is 0 Å². The van der Waals surface area contributed by atoms with Crippen molar-refractivity contribution in [2.45, 2.75) is 31.3 Å². The van der Waals surface area contributed by atoms with Gasteiger partial charge in [-0.05, 0) is 19.8 Å². The first kappa shape index (κ1) is 9.78. The molecule has 1 aliphatic rings. The quantitative estimate of drug-likeness (QED) is 0.579. The Balaban J connectivity index is 2.39. The molecule has 70 valence electrons. The highest BCUT2D eigenvalue weighted by Gasteiger charge is 2.24. The Kier molecular flexibility index (Phi) is 3.32. The first-order valence-electron chi connectivity index (χ1n) is 4.18. The SMILES string of the molecule is C[C@H](Cl)C(=O)N1CCC(F)CC1. The first-order chi connectivity index (χ1) is 5.61. The molecule has 1 fully saturated rings. The lowest BCUT2D eigenvalue weighted by Crippen LogP contribution is -2.42. The molecule has 1 rings (SSSR count). The van der Waals surface area contributed by atoms with E-state index in [0.29, 0.717) is 25.9 Å². The van der Waals surface area contributed by atoms with Crippen LogP contribution in [0.2, 0.25) is 0 Å². The zero-order valence-corrected chi connectivity index (χ0v) is 7.85. The molecular formula is C8H13ClFNO. The van der Waals surface area contributed by atoms with Gasteiger partial charge in [0.25, 0.3) is 0 Å². The average Bonchev–Trinajstić information content (AvgIpc) is 2.04. The van der Waals surface area contributed by atoms with Crippen molar-refractivity contribution in [2.24, 2.45) is 0 Å². The van der Waals surface area contributed by atoms with Crippen LogP contribution in [0, 0.1) is 0 Å². The van der Waals surface area contributed by atoms with Crippen LogP contribution in [0.15, 0.2) is 0 Å². The van der Waals surface area contributed by atoms with E-state index >= 15 is 0 Å². The van der Waals surface area contributed by atoms with E-state index in [2.05, 4.69) is 0 Å². The third-order valence-electron chi connectivity index (χ3n) is 2.08. The number of alkyl halides is 2. The Morgan fingerprint density at radius 1 is 1.58 bits per heavy atom. The number of carbonyl (C=O) groups excluding carboxylic acids is 1. The number of likely N-dealkylation sites (tertiary alicyclic amines) is 1. The smallest absolute Gasteiger partial charge is 0.240 e. The summed E-state index contributed by atoms with van der Waals surface area (Å²) in [6, 6.07) is 0. The number of amides is 1. The minimum absolute atomic E-state index is 0.0800. The Morgan fingerprint density at radius 2 is 2.08 bits per heavy atom. The van der Waals surface area contributed by atoms with E-state index in [1.807, 2.05) is 0 Å².